The molecule has 20 heavy (non-hydrogen) atoms. The van der Waals surface area contributed by atoms with E-state index in [0.29, 0.717) is 0 Å². The van der Waals surface area contributed by atoms with Crippen LogP contribution in [0.4, 0.5) is 5.69 Å². The normalized spacial score (nSPS) is 11.4. The molecule has 2 nitrogen and oxygen atoms in total. The minimum absolute atomic E-state index is 0.00807. The van der Waals surface area contributed by atoms with Gasteiger partial charge in [-0.1, -0.05) is 62.4 Å². The first-order chi connectivity index (χ1) is 9.66. The molecule has 0 spiro atoms. The molecule has 0 atom stereocenters. The monoisotopic (exact) mass is 265 g/mol. The van der Waals surface area contributed by atoms with Crippen molar-refractivity contribution in [2.45, 2.75) is 13.8 Å². The Morgan fingerprint density at radius 1 is 0.950 bits per heavy atom. The minimum Gasteiger partial charge on any atom is -0.355 e. The average Bonchev–Trinajstić information content (AvgIpc) is 2.48. The molecule has 0 saturated carbocycles. The van der Waals surface area contributed by atoms with E-state index in [9.17, 15) is 4.79 Å². The van der Waals surface area contributed by atoms with Crippen LogP contribution in [0.25, 0.3) is 5.70 Å². The summed E-state index contributed by atoms with van der Waals surface area (Å²) in [4.78, 5) is 12.0. The maximum atomic E-state index is 12.0. The lowest BCUT2D eigenvalue weighted by molar-refractivity contribution is -0.117. The molecule has 0 unspecified atom stereocenters. The Balaban J connectivity index is 2.32. The topological polar surface area (TPSA) is 29.1 Å². The van der Waals surface area contributed by atoms with Gasteiger partial charge in [0.25, 0.3) is 0 Å². The van der Waals surface area contributed by atoms with E-state index in [1.807, 2.05) is 74.5 Å². The van der Waals surface area contributed by atoms with E-state index >= 15 is 0 Å². The molecule has 0 aliphatic rings. The molecule has 102 valence electrons. The number of benzene rings is 2. The summed E-state index contributed by atoms with van der Waals surface area (Å²) in [5, 5.41) is 3.32. The highest BCUT2D eigenvalue weighted by molar-refractivity contribution is 5.99. The van der Waals surface area contributed by atoms with E-state index < -0.39 is 0 Å². The number of rotatable bonds is 5. The first kappa shape index (κ1) is 14.1. The van der Waals surface area contributed by atoms with Crippen LogP contribution in [0.1, 0.15) is 19.4 Å². The number of carbonyl (C=O) groups is 1. The third-order valence-electron chi connectivity index (χ3n) is 2.99. The van der Waals surface area contributed by atoms with Crippen molar-refractivity contribution >= 4 is 17.2 Å². The number of hydrogen-bond acceptors (Lipinski definition) is 2. The van der Waals surface area contributed by atoms with Crippen LogP contribution in [-0.4, -0.2) is 5.78 Å². The highest BCUT2D eigenvalue weighted by Gasteiger charge is 2.08. The molecule has 0 heterocycles. The Kier molecular flexibility index (Phi) is 4.72. The Morgan fingerprint density at radius 2 is 1.50 bits per heavy atom. The summed E-state index contributed by atoms with van der Waals surface area (Å²) >= 11 is 0. The molecule has 2 aromatic rings. The predicted octanol–water partition coefficient (Wildman–Crippen LogP) is 4.36. The minimum atomic E-state index is -0.00807. The SMILES string of the molecule is CC(C)C(=O)C=C(Nc1ccccc1)c1ccccc1. The van der Waals surface area contributed by atoms with E-state index in [2.05, 4.69) is 5.32 Å². The number of para-hydroxylation sites is 1. The summed E-state index contributed by atoms with van der Waals surface area (Å²) in [6.07, 6.45) is 1.69. The lowest BCUT2D eigenvalue weighted by Gasteiger charge is -2.12. The molecule has 1 N–H and O–H groups in total. The highest BCUT2D eigenvalue weighted by atomic mass is 16.1. The van der Waals surface area contributed by atoms with E-state index in [0.717, 1.165) is 16.9 Å². The molecule has 0 fully saturated rings. The van der Waals surface area contributed by atoms with Crippen molar-refractivity contribution in [2.24, 2.45) is 5.92 Å². The molecule has 0 amide bonds. The van der Waals surface area contributed by atoms with Crippen LogP contribution in [0.15, 0.2) is 66.7 Å². The molecule has 0 saturated heterocycles. The number of allylic oxidation sites excluding steroid dienone is 1. The second-order valence-electron chi connectivity index (χ2n) is 4.97. The van der Waals surface area contributed by atoms with Crippen molar-refractivity contribution in [1.29, 1.82) is 0 Å². The zero-order chi connectivity index (χ0) is 14.4. The van der Waals surface area contributed by atoms with Crippen molar-refractivity contribution < 1.29 is 4.79 Å². The Hall–Kier alpha value is -2.35. The van der Waals surface area contributed by atoms with Gasteiger partial charge in [-0.3, -0.25) is 4.79 Å². The van der Waals surface area contributed by atoms with Gasteiger partial charge in [-0.2, -0.15) is 0 Å². The van der Waals surface area contributed by atoms with Gasteiger partial charge in [0.1, 0.15) is 0 Å². The lowest BCUT2D eigenvalue weighted by atomic mass is 10.0. The third kappa shape index (κ3) is 3.82. The average molecular weight is 265 g/mol. The second kappa shape index (κ2) is 6.71. The first-order valence-electron chi connectivity index (χ1n) is 6.80. The van der Waals surface area contributed by atoms with Crippen molar-refractivity contribution in [3.05, 3.63) is 72.3 Å². The van der Waals surface area contributed by atoms with Gasteiger partial charge in [0.15, 0.2) is 5.78 Å². The second-order valence-corrected chi connectivity index (χ2v) is 4.97. The summed E-state index contributed by atoms with van der Waals surface area (Å²) in [5.74, 6) is 0.110. The van der Waals surface area contributed by atoms with Gasteiger partial charge < -0.3 is 5.32 Å². The standard InChI is InChI=1S/C18H19NO/c1-14(2)18(20)13-17(15-9-5-3-6-10-15)19-16-11-7-4-8-12-16/h3-14,19H,1-2H3. The van der Waals surface area contributed by atoms with E-state index in [1.54, 1.807) is 6.08 Å². The molecule has 2 heteroatoms. The molecular formula is C18H19NO. The summed E-state index contributed by atoms with van der Waals surface area (Å²) in [6, 6.07) is 19.8. The smallest absolute Gasteiger partial charge is 0.160 e. The maximum absolute atomic E-state index is 12.0. The van der Waals surface area contributed by atoms with Crippen molar-refractivity contribution in [1.82, 2.24) is 0 Å². The summed E-state index contributed by atoms with van der Waals surface area (Å²) < 4.78 is 0. The molecule has 0 aromatic heterocycles. The molecule has 0 bridgehead atoms. The van der Waals surface area contributed by atoms with Gasteiger partial charge in [0.05, 0.1) is 0 Å². The van der Waals surface area contributed by atoms with Crippen LogP contribution in [0.5, 0.6) is 0 Å². The van der Waals surface area contributed by atoms with E-state index in [1.165, 1.54) is 0 Å². The highest BCUT2D eigenvalue weighted by Crippen LogP contribution is 2.19. The molecule has 2 rings (SSSR count). The van der Waals surface area contributed by atoms with Gasteiger partial charge in [-0.25, -0.2) is 0 Å². The fourth-order valence-corrected chi connectivity index (χ4v) is 1.80. The van der Waals surface area contributed by atoms with Crippen LogP contribution < -0.4 is 5.32 Å². The number of ketones is 1. The van der Waals surface area contributed by atoms with Crippen LogP contribution >= 0.6 is 0 Å². The van der Waals surface area contributed by atoms with Gasteiger partial charge in [0, 0.05) is 23.4 Å². The molecule has 0 aliphatic carbocycles. The maximum Gasteiger partial charge on any atom is 0.160 e. The first-order valence-corrected chi connectivity index (χ1v) is 6.80. The zero-order valence-corrected chi connectivity index (χ0v) is 11.8. The lowest BCUT2D eigenvalue weighted by Crippen LogP contribution is -2.07. The van der Waals surface area contributed by atoms with Gasteiger partial charge in [-0.05, 0) is 17.7 Å². The largest absolute Gasteiger partial charge is 0.355 e. The Bertz CT molecular complexity index is 585. The van der Waals surface area contributed by atoms with Crippen molar-refractivity contribution in [3.63, 3.8) is 0 Å². The van der Waals surface area contributed by atoms with Gasteiger partial charge >= 0.3 is 0 Å². The summed E-state index contributed by atoms with van der Waals surface area (Å²) in [6.45, 7) is 3.81. The molecule has 2 aromatic carbocycles. The fraction of sp³-hybridized carbons (Fsp3) is 0.167. The fourth-order valence-electron chi connectivity index (χ4n) is 1.80. The number of carbonyl (C=O) groups excluding carboxylic acids is 1. The number of nitrogens with one attached hydrogen (secondary N) is 1. The van der Waals surface area contributed by atoms with E-state index in [-0.39, 0.29) is 11.7 Å². The summed E-state index contributed by atoms with van der Waals surface area (Å²) in [7, 11) is 0. The van der Waals surface area contributed by atoms with Gasteiger partial charge in [-0.15, -0.1) is 0 Å². The van der Waals surface area contributed by atoms with Crippen molar-refractivity contribution in [3.8, 4) is 0 Å². The third-order valence-corrected chi connectivity index (χ3v) is 2.99. The van der Waals surface area contributed by atoms with Gasteiger partial charge in [0.2, 0.25) is 0 Å². The van der Waals surface area contributed by atoms with Crippen LogP contribution in [0.3, 0.4) is 0 Å². The zero-order valence-electron chi connectivity index (χ0n) is 11.8. The van der Waals surface area contributed by atoms with E-state index in [4.69, 9.17) is 0 Å². The van der Waals surface area contributed by atoms with Crippen molar-refractivity contribution in [2.75, 3.05) is 5.32 Å². The quantitative estimate of drug-likeness (QED) is 0.814. The van der Waals surface area contributed by atoms with Crippen LogP contribution in [0.2, 0.25) is 0 Å². The van der Waals surface area contributed by atoms with Crippen LogP contribution in [-0.2, 0) is 4.79 Å². The molecular weight excluding hydrogens is 246 g/mol. The Morgan fingerprint density at radius 3 is 2.05 bits per heavy atom. The predicted molar refractivity (Wildman–Crippen MR) is 84.3 cm³/mol. The Labute approximate surface area is 120 Å². The molecule has 0 aliphatic heterocycles. The summed E-state index contributed by atoms with van der Waals surface area (Å²) in [5.41, 5.74) is 2.81. The number of anilines is 1. The molecule has 0 radical (unpaired) electrons. The van der Waals surface area contributed by atoms with Crippen LogP contribution in [0, 0.1) is 5.92 Å². The number of hydrogen-bond donors (Lipinski definition) is 1.